The lowest BCUT2D eigenvalue weighted by Crippen LogP contribution is -2.38. The maximum Gasteiger partial charge on any atom is 0.246 e. The Kier molecular flexibility index (Phi) is 3.97. The molecule has 0 fully saturated rings. The number of fused-ring (bicyclic) bond motifs is 1. The van der Waals surface area contributed by atoms with Gasteiger partial charge in [0, 0.05) is 24.0 Å². The van der Waals surface area contributed by atoms with E-state index < -0.39 is 0 Å². The Hall–Kier alpha value is -3.09. The molecule has 0 bridgehead atoms. The molecule has 1 aliphatic rings. The Morgan fingerprint density at radius 1 is 1.32 bits per heavy atom. The zero-order chi connectivity index (χ0) is 17.2. The molecule has 3 aromatic rings. The third-order valence-corrected chi connectivity index (χ3v) is 4.03. The van der Waals surface area contributed by atoms with Crippen LogP contribution in [0.25, 0.3) is 11.4 Å². The van der Waals surface area contributed by atoms with Crippen molar-refractivity contribution in [2.24, 2.45) is 0 Å². The van der Waals surface area contributed by atoms with Gasteiger partial charge in [-0.2, -0.15) is 4.98 Å². The van der Waals surface area contributed by atoms with Gasteiger partial charge >= 0.3 is 0 Å². The van der Waals surface area contributed by atoms with Gasteiger partial charge in [-0.3, -0.25) is 4.98 Å². The van der Waals surface area contributed by atoms with E-state index in [1.54, 1.807) is 19.5 Å². The molecule has 0 amide bonds. The largest absolute Gasteiger partial charge is 0.497 e. The van der Waals surface area contributed by atoms with Crippen LogP contribution < -0.4 is 14.4 Å². The normalized spacial score (nSPS) is 16.2. The lowest BCUT2D eigenvalue weighted by Gasteiger charge is -2.34. The molecule has 1 atom stereocenters. The Bertz CT molecular complexity index is 866. The fraction of sp³-hybridized carbons (Fsp3) is 0.278. The number of nitrogens with zero attached hydrogens (tertiary/aromatic N) is 4. The first-order valence-electron chi connectivity index (χ1n) is 8.05. The summed E-state index contributed by atoms with van der Waals surface area (Å²) in [7, 11) is 1.65. The third-order valence-electron chi connectivity index (χ3n) is 4.03. The van der Waals surface area contributed by atoms with Gasteiger partial charge in [0.25, 0.3) is 0 Å². The van der Waals surface area contributed by atoms with E-state index in [0.717, 1.165) is 29.3 Å². The highest BCUT2D eigenvalue weighted by molar-refractivity contribution is 5.63. The number of hydrogen-bond donors (Lipinski definition) is 0. The van der Waals surface area contributed by atoms with E-state index in [1.807, 2.05) is 37.3 Å². The predicted octanol–water partition coefficient (Wildman–Crippen LogP) is 2.93. The van der Waals surface area contributed by atoms with Crippen LogP contribution >= 0.6 is 0 Å². The third kappa shape index (κ3) is 3.13. The summed E-state index contributed by atoms with van der Waals surface area (Å²) in [5.74, 6) is 2.69. The van der Waals surface area contributed by atoms with Crippen LogP contribution in [0.1, 0.15) is 12.8 Å². The van der Waals surface area contributed by atoms with Crippen LogP contribution in [-0.2, 0) is 6.54 Å². The Labute approximate surface area is 145 Å². The summed E-state index contributed by atoms with van der Waals surface area (Å²) in [6.45, 7) is 3.26. The standard InChI is InChI=1S/C18H18N4O3/c1-12-10-22(15-8-14(23-2)5-6-16(15)24-12)11-17-20-18(21-25-17)13-4-3-7-19-9-13/h3-9,12H,10-11H2,1-2H3. The summed E-state index contributed by atoms with van der Waals surface area (Å²) in [6, 6.07) is 9.52. The molecule has 1 aliphatic heterocycles. The van der Waals surface area contributed by atoms with Crippen LogP contribution in [0.5, 0.6) is 11.5 Å². The van der Waals surface area contributed by atoms with Gasteiger partial charge in [-0.25, -0.2) is 0 Å². The highest BCUT2D eigenvalue weighted by atomic mass is 16.5. The van der Waals surface area contributed by atoms with Crippen molar-refractivity contribution in [2.45, 2.75) is 19.6 Å². The molecular formula is C18H18N4O3. The van der Waals surface area contributed by atoms with E-state index in [-0.39, 0.29) is 6.10 Å². The van der Waals surface area contributed by atoms with Gasteiger partial charge in [0.05, 0.1) is 25.9 Å². The number of hydrogen-bond acceptors (Lipinski definition) is 7. The summed E-state index contributed by atoms with van der Waals surface area (Å²) in [6.07, 6.45) is 3.50. The molecule has 1 aromatic carbocycles. The average molecular weight is 338 g/mol. The molecule has 3 heterocycles. The van der Waals surface area contributed by atoms with E-state index in [1.165, 1.54) is 0 Å². The van der Waals surface area contributed by atoms with Gasteiger partial charge in [0.1, 0.15) is 17.6 Å². The second-order valence-electron chi connectivity index (χ2n) is 5.90. The van der Waals surface area contributed by atoms with Crippen LogP contribution in [0.4, 0.5) is 5.69 Å². The minimum absolute atomic E-state index is 0.0709. The van der Waals surface area contributed by atoms with Crippen molar-refractivity contribution >= 4 is 5.69 Å². The van der Waals surface area contributed by atoms with E-state index >= 15 is 0 Å². The minimum atomic E-state index is 0.0709. The molecule has 0 spiro atoms. The van der Waals surface area contributed by atoms with E-state index in [9.17, 15) is 0 Å². The van der Waals surface area contributed by atoms with Crippen molar-refractivity contribution in [1.29, 1.82) is 0 Å². The first-order chi connectivity index (χ1) is 12.2. The van der Waals surface area contributed by atoms with Gasteiger partial charge in [0.2, 0.25) is 11.7 Å². The van der Waals surface area contributed by atoms with E-state index in [0.29, 0.717) is 18.3 Å². The highest BCUT2D eigenvalue weighted by Crippen LogP contribution is 2.37. The van der Waals surface area contributed by atoms with Crippen LogP contribution in [0.15, 0.2) is 47.2 Å². The van der Waals surface area contributed by atoms with Crippen molar-refractivity contribution in [3.05, 3.63) is 48.6 Å². The average Bonchev–Trinajstić information content (AvgIpc) is 3.10. The summed E-state index contributed by atoms with van der Waals surface area (Å²) in [4.78, 5) is 10.7. The molecule has 0 N–H and O–H groups in total. The van der Waals surface area contributed by atoms with Crippen molar-refractivity contribution in [2.75, 3.05) is 18.6 Å². The Balaban J connectivity index is 1.60. The molecule has 25 heavy (non-hydrogen) atoms. The molecule has 4 rings (SSSR count). The van der Waals surface area contributed by atoms with Gasteiger partial charge in [-0.05, 0) is 31.2 Å². The minimum Gasteiger partial charge on any atom is -0.497 e. The number of anilines is 1. The number of methoxy groups -OCH3 is 1. The van der Waals surface area contributed by atoms with Crippen LogP contribution in [-0.4, -0.2) is 34.9 Å². The van der Waals surface area contributed by atoms with Gasteiger partial charge in [-0.15, -0.1) is 0 Å². The molecular weight excluding hydrogens is 320 g/mol. The van der Waals surface area contributed by atoms with Crippen molar-refractivity contribution < 1.29 is 14.0 Å². The lowest BCUT2D eigenvalue weighted by molar-refractivity contribution is 0.209. The summed E-state index contributed by atoms with van der Waals surface area (Å²) in [5, 5.41) is 4.05. The topological polar surface area (TPSA) is 73.5 Å². The molecule has 0 radical (unpaired) electrons. The number of benzene rings is 1. The molecule has 1 unspecified atom stereocenters. The highest BCUT2D eigenvalue weighted by Gasteiger charge is 2.25. The fourth-order valence-corrected chi connectivity index (χ4v) is 2.88. The van der Waals surface area contributed by atoms with Gasteiger partial charge in [0.15, 0.2) is 0 Å². The monoisotopic (exact) mass is 338 g/mol. The van der Waals surface area contributed by atoms with Crippen LogP contribution in [0, 0.1) is 0 Å². The molecule has 0 aliphatic carbocycles. The molecule has 2 aromatic heterocycles. The van der Waals surface area contributed by atoms with Crippen molar-refractivity contribution in [1.82, 2.24) is 15.1 Å². The van der Waals surface area contributed by atoms with Crippen molar-refractivity contribution in [3.8, 4) is 22.9 Å². The zero-order valence-electron chi connectivity index (χ0n) is 14.0. The predicted molar refractivity (Wildman–Crippen MR) is 91.7 cm³/mol. The van der Waals surface area contributed by atoms with E-state index in [4.69, 9.17) is 14.0 Å². The second-order valence-corrected chi connectivity index (χ2v) is 5.90. The Morgan fingerprint density at radius 3 is 3.04 bits per heavy atom. The van der Waals surface area contributed by atoms with Gasteiger partial charge in [-0.1, -0.05) is 5.16 Å². The van der Waals surface area contributed by atoms with Crippen LogP contribution in [0.3, 0.4) is 0 Å². The quantitative estimate of drug-likeness (QED) is 0.724. The summed E-state index contributed by atoms with van der Waals surface area (Å²) < 4.78 is 16.7. The summed E-state index contributed by atoms with van der Waals surface area (Å²) >= 11 is 0. The van der Waals surface area contributed by atoms with Gasteiger partial charge < -0.3 is 18.9 Å². The molecule has 7 heteroatoms. The van der Waals surface area contributed by atoms with E-state index in [2.05, 4.69) is 20.0 Å². The molecule has 0 saturated heterocycles. The molecule has 128 valence electrons. The molecule has 7 nitrogen and oxygen atoms in total. The number of aromatic nitrogens is 3. The zero-order valence-corrected chi connectivity index (χ0v) is 14.0. The second kappa shape index (κ2) is 6.43. The fourth-order valence-electron chi connectivity index (χ4n) is 2.88. The number of rotatable bonds is 4. The SMILES string of the molecule is COc1ccc2c(c1)N(Cc1nc(-c3cccnc3)no1)CC(C)O2. The number of pyridine rings is 1. The van der Waals surface area contributed by atoms with Crippen LogP contribution in [0.2, 0.25) is 0 Å². The Morgan fingerprint density at radius 2 is 2.24 bits per heavy atom. The lowest BCUT2D eigenvalue weighted by atomic mass is 10.2. The first-order valence-corrected chi connectivity index (χ1v) is 8.05. The maximum atomic E-state index is 5.90. The molecule has 0 saturated carbocycles. The smallest absolute Gasteiger partial charge is 0.246 e. The summed E-state index contributed by atoms with van der Waals surface area (Å²) in [5.41, 5.74) is 1.79. The van der Waals surface area contributed by atoms with Crippen molar-refractivity contribution in [3.63, 3.8) is 0 Å². The number of ether oxygens (including phenoxy) is 2. The maximum absolute atomic E-state index is 5.90. The first kappa shape index (κ1) is 15.4.